The van der Waals surface area contributed by atoms with Gasteiger partial charge in [-0.05, 0) is 54.7 Å². The number of aryl methyl sites for hydroxylation is 2. The molecule has 3 N–H and O–H groups in total. The SMILES string of the molecule is CCC(C)CC(Cc1ccc2c(c1)CCC2)NN. The second-order valence-electron chi connectivity index (χ2n) is 5.77. The Hall–Kier alpha value is -0.860. The summed E-state index contributed by atoms with van der Waals surface area (Å²) in [6.07, 6.45) is 7.28. The standard InChI is InChI=1S/C16H26N2/c1-3-12(2)9-16(18-17)11-13-7-8-14-5-4-6-15(14)10-13/h7-8,10,12,16,18H,3-6,9,11,17H2,1-2H3. The predicted octanol–water partition coefficient (Wildman–Crippen LogP) is 2.99. The van der Waals surface area contributed by atoms with Crippen LogP contribution in [0.4, 0.5) is 0 Å². The van der Waals surface area contributed by atoms with Crippen molar-refractivity contribution in [1.82, 2.24) is 5.43 Å². The van der Waals surface area contributed by atoms with Crippen molar-refractivity contribution in [2.24, 2.45) is 11.8 Å². The van der Waals surface area contributed by atoms with Gasteiger partial charge in [-0.25, -0.2) is 0 Å². The van der Waals surface area contributed by atoms with Crippen LogP contribution in [0.2, 0.25) is 0 Å². The summed E-state index contributed by atoms with van der Waals surface area (Å²) < 4.78 is 0. The maximum Gasteiger partial charge on any atom is 0.0253 e. The van der Waals surface area contributed by atoms with Crippen LogP contribution in [-0.4, -0.2) is 6.04 Å². The lowest BCUT2D eigenvalue weighted by atomic mass is 9.94. The van der Waals surface area contributed by atoms with Crippen molar-refractivity contribution in [2.75, 3.05) is 0 Å². The average molecular weight is 246 g/mol. The van der Waals surface area contributed by atoms with E-state index in [0.29, 0.717) is 6.04 Å². The largest absolute Gasteiger partial charge is 0.271 e. The van der Waals surface area contributed by atoms with E-state index in [-0.39, 0.29) is 0 Å². The van der Waals surface area contributed by atoms with Gasteiger partial charge in [0.2, 0.25) is 0 Å². The van der Waals surface area contributed by atoms with Crippen LogP contribution < -0.4 is 11.3 Å². The molecule has 18 heavy (non-hydrogen) atoms. The van der Waals surface area contributed by atoms with Crippen molar-refractivity contribution in [3.63, 3.8) is 0 Å². The zero-order valence-electron chi connectivity index (χ0n) is 11.7. The zero-order chi connectivity index (χ0) is 13.0. The molecule has 1 aromatic rings. The third kappa shape index (κ3) is 3.33. The number of hydrogen-bond donors (Lipinski definition) is 2. The number of hydrazine groups is 1. The minimum atomic E-state index is 0.402. The van der Waals surface area contributed by atoms with Gasteiger partial charge in [-0.3, -0.25) is 11.3 Å². The van der Waals surface area contributed by atoms with Crippen molar-refractivity contribution < 1.29 is 0 Å². The molecule has 0 amide bonds. The molecule has 0 radical (unpaired) electrons. The second-order valence-corrected chi connectivity index (χ2v) is 5.77. The fourth-order valence-electron chi connectivity index (χ4n) is 2.90. The van der Waals surface area contributed by atoms with Gasteiger partial charge in [-0.1, -0.05) is 38.5 Å². The van der Waals surface area contributed by atoms with Gasteiger partial charge in [0.05, 0.1) is 0 Å². The quantitative estimate of drug-likeness (QED) is 0.598. The fourth-order valence-corrected chi connectivity index (χ4v) is 2.90. The first-order chi connectivity index (χ1) is 8.72. The first-order valence-electron chi connectivity index (χ1n) is 7.29. The molecule has 0 saturated heterocycles. The van der Waals surface area contributed by atoms with Crippen molar-refractivity contribution in [3.8, 4) is 0 Å². The molecule has 0 aromatic heterocycles. The number of nitrogens with two attached hydrogens (primary N) is 1. The van der Waals surface area contributed by atoms with Crippen LogP contribution in [-0.2, 0) is 19.3 Å². The van der Waals surface area contributed by atoms with Gasteiger partial charge in [-0.2, -0.15) is 0 Å². The van der Waals surface area contributed by atoms with Gasteiger partial charge in [0.1, 0.15) is 0 Å². The average Bonchev–Trinajstić information content (AvgIpc) is 2.85. The third-order valence-corrected chi connectivity index (χ3v) is 4.26. The highest BCUT2D eigenvalue weighted by atomic mass is 15.2. The molecule has 2 unspecified atom stereocenters. The van der Waals surface area contributed by atoms with Gasteiger partial charge < -0.3 is 0 Å². The molecular weight excluding hydrogens is 220 g/mol. The summed E-state index contributed by atoms with van der Waals surface area (Å²) in [5, 5.41) is 0. The molecule has 2 atom stereocenters. The maximum atomic E-state index is 5.69. The van der Waals surface area contributed by atoms with Crippen molar-refractivity contribution in [1.29, 1.82) is 0 Å². The topological polar surface area (TPSA) is 38.0 Å². The van der Waals surface area contributed by atoms with Crippen LogP contribution in [0.5, 0.6) is 0 Å². The Balaban J connectivity index is 1.98. The van der Waals surface area contributed by atoms with Crippen LogP contribution in [0.15, 0.2) is 18.2 Å². The zero-order valence-corrected chi connectivity index (χ0v) is 11.7. The van der Waals surface area contributed by atoms with Gasteiger partial charge in [0.15, 0.2) is 0 Å². The number of rotatable bonds is 6. The summed E-state index contributed by atoms with van der Waals surface area (Å²) in [6, 6.07) is 7.39. The van der Waals surface area contributed by atoms with Crippen LogP contribution in [0, 0.1) is 5.92 Å². The molecule has 1 aliphatic carbocycles. The Morgan fingerprint density at radius 3 is 2.78 bits per heavy atom. The van der Waals surface area contributed by atoms with E-state index in [1.807, 2.05) is 0 Å². The Bertz CT molecular complexity index is 387. The van der Waals surface area contributed by atoms with Crippen LogP contribution in [0.3, 0.4) is 0 Å². The molecule has 1 aromatic carbocycles. The lowest BCUT2D eigenvalue weighted by Crippen LogP contribution is -2.38. The van der Waals surface area contributed by atoms with Gasteiger partial charge in [-0.15, -0.1) is 0 Å². The summed E-state index contributed by atoms with van der Waals surface area (Å²) in [5.74, 6) is 6.42. The van der Waals surface area contributed by atoms with Gasteiger partial charge in [0.25, 0.3) is 0 Å². The minimum absolute atomic E-state index is 0.402. The normalized spacial score (nSPS) is 17.5. The van der Waals surface area contributed by atoms with E-state index in [0.717, 1.165) is 18.8 Å². The number of hydrogen-bond acceptors (Lipinski definition) is 2. The Labute approximate surface area is 111 Å². The van der Waals surface area contributed by atoms with Crippen molar-refractivity contribution >= 4 is 0 Å². The molecule has 0 fully saturated rings. The fraction of sp³-hybridized carbons (Fsp3) is 0.625. The molecule has 0 spiro atoms. The molecule has 0 bridgehead atoms. The molecular formula is C16H26N2. The highest BCUT2D eigenvalue weighted by molar-refractivity contribution is 5.35. The molecule has 2 heteroatoms. The maximum absolute atomic E-state index is 5.69. The predicted molar refractivity (Wildman–Crippen MR) is 77.4 cm³/mol. The van der Waals surface area contributed by atoms with E-state index >= 15 is 0 Å². The van der Waals surface area contributed by atoms with Crippen molar-refractivity contribution in [2.45, 2.75) is 58.4 Å². The summed E-state index contributed by atoms with van der Waals surface area (Å²) in [4.78, 5) is 0. The Morgan fingerprint density at radius 2 is 2.06 bits per heavy atom. The van der Waals surface area contributed by atoms with E-state index in [1.165, 1.54) is 31.2 Å². The van der Waals surface area contributed by atoms with Gasteiger partial charge in [0, 0.05) is 6.04 Å². The van der Waals surface area contributed by atoms with E-state index < -0.39 is 0 Å². The Kier molecular flexibility index (Phi) is 4.79. The molecule has 2 nitrogen and oxygen atoms in total. The minimum Gasteiger partial charge on any atom is -0.271 e. The highest BCUT2D eigenvalue weighted by Crippen LogP contribution is 2.24. The first kappa shape index (κ1) is 13.6. The smallest absolute Gasteiger partial charge is 0.0253 e. The van der Waals surface area contributed by atoms with Crippen LogP contribution in [0.25, 0.3) is 0 Å². The summed E-state index contributed by atoms with van der Waals surface area (Å²) in [6.45, 7) is 4.54. The lowest BCUT2D eigenvalue weighted by molar-refractivity contribution is 0.396. The second kappa shape index (κ2) is 6.35. The molecule has 0 saturated carbocycles. The lowest BCUT2D eigenvalue weighted by Gasteiger charge is -2.20. The number of fused-ring (bicyclic) bond motifs is 1. The van der Waals surface area contributed by atoms with E-state index in [2.05, 4.69) is 37.5 Å². The highest BCUT2D eigenvalue weighted by Gasteiger charge is 2.14. The van der Waals surface area contributed by atoms with Gasteiger partial charge >= 0.3 is 0 Å². The summed E-state index contributed by atoms with van der Waals surface area (Å²) >= 11 is 0. The third-order valence-electron chi connectivity index (χ3n) is 4.26. The summed E-state index contributed by atoms with van der Waals surface area (Å²) in [7, 11) is 0. The van der Waals surface area contributed by atoms with Crippen LogP contribution in [0.1, 0.15) is 49.8 Å². The van der Waals surface area contributed by atoms with E-state index in [4.69, 9.17) is 5.84 Å². The molecule has 1 aliphatic rings. The van der Waals surface area contributed by atoms with E-state index in [9.17, 15) is 0 Å². The molecule has 0 aliphatic heterocycles. The Morgan fingerprint density at radius 1 is 1.28 bits per heavy atom. The number of benzene rings is 1. The first-order valence-corrected chi connectivity index (χ1v) is 7.29. The molecule has 2 rings (SSSR count). The van der Waals surface area contributed by atoms with Crippen molar-refractivity contribution in [3.05, 3.63) is 34.9 Å². The summed E-state index contributed by atoms with van der Waals surface area (Å²) in [5.41, 5.74) is 7.53. The number of nitrogens with one attached hydrogen (secondary N) is 1. The van der Waals surface area contributed by atoms with E-state index in [1.54, 1.807) is 11.1 Å². The van der Waals surface area contributed by atoms with Crippen LogP contribution >= 0.6 is 0 Å². The molecule has 100 valence electrons. The monoisotopic (exact) mass is 246 g/mol. The molecule has 0 heterocycles.